The maximum Gasteiger partial charge on any atom is 0.467 e. The van der Waals surface area contributed by atoms with Gasteiger partial charge >= 0.3 is 53.8 Å². The van der Waals surface area contributed by atoms with E-state index in [0.717, 1.165) is 0 Å². The Kier molecular flexibility index (Phi) is 6.56. The van der Waals surface area contributed by atoms with Gasteiger partial charge < -0.3 is 4.74 Å². The van der Waals surface area contributed by atoms with Gasteiger partial charge in [-0.2, -0.15) is 74.6 Å². The lowest BCUT2D eigenvalue weighted by atomic mass is 9.90. The summed E-state index contributed by atoms with van der Waals surface area (Å²) in [4.78, 5) is 10.5. The van der Waals surface area contributed by atoms with Crippen LogP contribution in [0.15, 0.2) is 12.7 Å². The summed E-state index contributed by atoms with van der Waals surface area (Å²) in [7, 11) is 0. The zero-order valence-corrected chi connectivity index (χ0v) is 13.0. The van der Waals surface area contributed by atoms with Crippen LogP contribution in [0.2, 0.25) is 0 Å². The van der Waals surface area contributed by atoms with Crippen molar-refractivity contribution >= 4 is 5.97 Å². The van der Waals surface area contributed by atoms with Crippen molar-refractivity contribution in [3.8, 4) is 0 Å². The molecule has 0 spiro atoms. The van der Waals surface area contributed by atoms with Gasteiger partial charge in [0, 0.05) is 6.08 Å². The van der Waals surface area contributed by atoms with Crippen molar-refractivity contribution in [1.29, 1.82) is 0 Å². The third-order valence-corrected chi connectivity index (χ3v) is 3.11. The smallest absolute Gasteiger partial charge is 0.411 e. The minimum atomic E-state index is -8.72. The molecule has 0 rings (SSSR count). The van der Waals surface area contributed by atoms with E-state index in [9.17, 15) is 79.4 Å². The van der Waals surface area contributed by atoms with Gasteiger partial charge in [0.15, 0.2) is 0 Å². The van der Waals surface area contributed by atoms with Crippen molar-refractivity contribution in [2.75, 3.05) is 0 Å². The molecule has 0 amide bonds. The van der Waals surface area contributed by atoms with Crippen molar-refractivity contribution in [3.05, 3.63) is 12.7 Å². The standard InChI is InChI=1S/C11H3F17O2/c1-2-3(29)30-9(22,11(26,27)28)7(18,19)5(14,15)4(12,13)6(16,17)8(20,21)10(23,24)25/h2H,1H2. The summed E-state index contributed by atoms with van der Waals surface area (Å²) in [5.74, 6) is -53.2. The predicted octanol–water partition coefficient (Wildman–Crippen LogP) is 5.68. The fraction of sp³-hybridized carbons (Fsp3) is 0.727. The molecule has 19 heteroatoms. The number of hydrogen-bond acceptors (Lipinski definition) is 2. The third-order valence-electron chi connectivity index (χ3n) is 3.11. The molecule has 1 unspecified atom stereocenters. The lowest BCUT2D eigenvalue weighted by molar-refractivity contribution is -0.477. The van der Waals surface area contributed by atoms with E-state index in [0.29, 0.717) is 0 Å². The van der Waals surface area contributed by atoms with Gasteiger partial charge in [0.05, 0.1) is 0 Å². The number of ether oxygens (including phenoxy) is 1. The molecule has 0 saturated carbocycles. The molecule has 2 nitrogen and oxygen atoms in total. The van der Waals surface area contributed by atoms with E-state index in [1.807, 2.05) is 0 Å². The van der Waals surface area contributed by atoms with Crippen LogP contribution in [-0.4, -0.2) is 53.8 Å². The Morgan fingerprint density at radius 1 is 0.533 bits per heavy atom. The highest BCUT2D eigenvalue weighted by Crippen LogP contribution is 2.63. The fourth-order valence-electron chi connectivity index (χ4n) is 1.45. The van der Waals surface area contributed by atoms with Gasteiger partial charge in [0.2, 0.25) is 0 Å². The van der Waals surface area contributed by atoms with Crippen LogP contribution < -0.4 is 0 Å². The number of carbonyl (C=O) groups is 1. The van der Waals surface area contributed by atoms with Crippen molar-refractivity contribution < 1.29 is 84.2 Å². The first-order chi connectivity index (χ1) is 12.7. The Balaban J connectivity index is 6.94. The molecule has 0 aromatic carbocycles. The number of hydrogen-bond donors (Lipinski definition) is 0. The Morgan fingerprint density at radius 2 is 0.833 bits per heavy atom. The van der Waals surface area contributed by atoms with Crippen LogP contribution in [0.25, 0.3) is 0 Å². The van der Waals surface area contributed by atoms with E-state index in [2.05, 4.69) is 11.3 Å². The molecule has 0 saturated heterocycles. The molecule has 0 heterocycles. The van der Waals surface area contributed by atoms with E-state index in [1.54, 1.807) is 0 Å². The minimum Gasteiger partial charge on any atom is -0.411 e. The molecular weight excluding hydrogens is 487 g/mol. The molecule has 0 fully saturated rings. The Morgan fingerprint density at radius 3 is 1.10 bits per heavy atom. The van der Waals surface area contributed by atoms with Crippen LogP contribution in [-0.2, 0) is 9.53 Å². The second kappa shape index (κ2) is 7.03. The zero-order chi connectivity index (χ0) is 25.0. The number of esters is 1. The van der Waals surface area contributed by atoms with Crippen LogP contribution in [0.1, 0.15) is 0 Å². The molecule has 0 aliphatic heterocycles. The summed E-state index contributed by atoms with van der Waals surface area (Å²) >= 11 is 0. The molecule has 0 bridgehead atoms. The van der Waals surface area contributed by atoms with Gasteiger partial charge in [0.1, 0.15) is 0 Å². The van der Waals surface area contributed by atoms with E-state index < -0.39 is 59.9 Å². The highest BCUT2D eigenvalue weighted by Gasteiger charge is 2.96. The van der Waals surface area contributed by atoms with Crippen LogP contribution in [0, 0.1) is 0 Å². The van der Waals surface area contributed by atoms with Crippen molar-refractivity contribution in [2.24, 2.45) is 0 Å². The first-order valence-corrected chi connectivity index (χ1v) is 6.27. The molecule has 0 aliphatic rings. The molecule has 0 N–H and O–H groups in total. The van der Waals surface area contributed by atoms with Gasteiger partial charge in [0.25, 0.3) is 0 Å². The first-order valence-electron chi connectivity index (χ1n) is 6.27. The van der Waals surface area contributed by atoms with Crippen LogP contribution in [0.4, 0.5) is 74.6 Å². The topological polar surface area (TPSA) is 26.3 Å². The van der Waals surface area contributed by atoms with Crippen LogP contribution >= 0.6 is 0 Å². The molecule has 1 atom stereocenters. The minimum absolute atomic E-state index is 0.640. The molecule has 0 radical (unpaired) electrons. The van der Waals surface area contributed by atoms with Gasteiger partial charge in [-0.3, -0.25) is 0 Å². The highest BCUT2D eigenvalue weighted by atomic mass is 19.4. The van der Waals surface area contributed by atoms with Crippen LogP contribution in [0.5, 0.6) is 0 Å². The zero-order valence-electron chi connectivity index (χ0n) is 13.0. The first kappa shape index (κ1) is 28.0. The summed E-state index contributed by atoms with van der Waals surface area (Å²) in [6.45, 7) is 2.19. The predicted molar refractivity (Wildman–Crippen MR) is 57.0 cm³/mol. The molecular formula is C11H3F17O2. The second-order valence-corrected chi connectivity index (χ2v) is 5.09. The Hall–Kier alpha value is -1.98. The summed E-state index contributed by atoms with van der Waals surface area (Å²) in [5.41, 5.74) is 0. The largest absolute Gasteiger partial charge is 0.467 e. The average Bonchev–Trinajstić information content (AvgIpc) is 2.51. The van der Waals surface area contributed by atoms with Gasteiger partial charge in [-0.15, -0.1) is 0 Å². The van der Waals surface area contributed by atoms with E-state index in [-0.39, 0.29) is 0 Å². The fourth-order valence-corrected chi connectivity index (χ4v) is 1.45. The van der Waals surface area contributed by atoms with E-state index in [4.69, 9.17) is 0 Å². The molecule has 0 aliphatic carbocycles. The van der Waals surface area contributed by atoms with Gasteiger partial charge in [-0.1, -0.05) is 6.58 Å². The molecule has 178 valence electrons. The second-order valence-electron chi connectivity index (χ2n) is 5.09. The molecule has 0 aromatic heterocycles. The van der Waals surface area contributed by atoms with Crippen molar-refractivity contribution in [2.45, 2.75) is 47.8 Å². The Bertz CT molecular complexity index is 672. The number of alkyl halides is 17. The summed E-state index contributed by atoms with van der Waals surface area (Å²) in [6.07, 6.45) is -16.1. The van der Waals surface area contributed by atoms with Crippen LogP contribution in [0.3, 0.4) is 0 Å². The highest BCUT2D eigenvalue weighted by molar-refractivity contribution is 5.81. The number of rotatable bonds is 7. The van der Waals surface area contributed by atoms with E-state index in [1.165, 1.54) is 0 Å². The van der Waals surface area contributed by atoms with Crippen molar-refractivity contribution in [1.82, 2.24) is 0 Å². The normalized spacial score (nSPS) is 17.4. The summed E-state index contributed by atoms with van der Waals surface area (Å²) in [5, 5.41) is 0. The number of carbonyl (C=O) groups excluding carboxylic acids is 1. The average molecular weight is 490 g/mol. The van der Waals surface area contributed by atoms with Gasteiger partial charge in [-0.25, -0.2) is 4.79 Å². The number of halogens is 17. The lowest BCUT2D eigenvalue weighted by Crippen LogP contribution is -2.75. The molecule has 0 aromatic rings. The SMILES string of the molecule is C=CC(=O)OC(F)(C(F)(F)F)C(F)(F)C(F)(F)C(F)(F)C(F)(F)C(F)(F)C(F)(F)F. The van der Waals surface area contributed by atoms with Crippen molar-refractivity contribution in [3.63, 3.8) is 0 Å². The molecule has 30 heavy (non-hydrogen) atoms. The maximum absolute atomic E-state index is 13.6. The monoisotopic (exact) mass is 490 g/mol. The lowest BCUT2D eigenvalue weighted by Gasteiger charge is -2.43. The quantitative estimate of drug-likeness (QED) is 0.261. The summed E-state index contributed by atoms with van der Waals surface area (Å²) < 4.78 is 220. The Labute approximate surface area is 152 Å². The van der Waals surface area contributed by atoms with E-state index >= 15 is 0 Å². The maximum atomic E-state index is 13.6. The third kappa shape index (κ3) is 3.52. The van der Waals surface area contributed by atoms with Gasteiger partial charge in [-0.05, 0) is 0 Å². The summed E-state index contributed by atoms with van der Waals surface area (Å²) in [6, 6.07) is 0.